The first-order chi connectivity index (χ1) is 12.6. The Bertz CT molecular complexity index is 820. The molecule has 0 spiro atoms. The number of benzene rings is 2. The normalized spacial score (nSPS) is 18.8. The van der Waals surface area contributed by atoms with Gasteiger partial charge in [-0.2, -0.15) is 0 Å². The van der Waals surface area contributed by atoms with Crippen molar-refractivity contribution in [1.82, 2.24) is 4.90 Å². The van der Waals surface area contributed by atoms with Gasteiger partial charge in [-0.25, -0.2) is 0 Å². The van der Waals surface area contributed by atoms with Crippen molar-refractivity contribution < 1.29 is 14.3 Å². The van der Waals surface area contributed by atoms with Gasteiger partial charge in [-0.15, -0.1) is 0 Å². The number of hydrogen-bond donors (Lipinski definition) is 0. The molecule has 1 fully saturated rings. The number of likely N-dealkylation sites (tertiary alicyclic amines) is 1. The highest BCUT2D eigenvalue weighted by atomic mass is 35.5. The molecule has 0 saturated carbocycles. The number of ether oxygens (including phenoxy) is 2. The third kappa shape index (κ3) is 3.36. The minimum Gasteiger partial charge on any atom is -0.486 e. The fourth-order valence-electron chi connectivity index (χ4n) is 3.63. The van der Waals surface area contributed by atoms with Crippen molar-refractivity contribution in [3.05, 3.63) is 57.6 Å². The number of hydrogen-bond acceptors (Lipinski definition) is 3. The number of carbonyl (C=O) groups excluding carboxylic acids is 1. The van der Waals surface area contributed by atoms with E-state index in [0.29, 0.717) is 28.8 Å². The van der Waals surface area contributed by atoms with Crippen LogP contribution >= 0.6 is 23.2 Å². The highest BCUT2D eigenvalue weighted by Gasteiger charge is 2.31. The first-order valence-electron chi connectivity index (χ1n) is 8.75. The van der Waals surface area contributed by atoms with Crippen molar-refractivity contribution in [3.8, 4) is 11.5 Å². The van der Waals surface area contributed by atoms with Crippen LogP contribution in [0.4, 0.5) is 0 Å². The molecule has 0 N–H and O–H groups in total. The number of nitrogens with zero attached hydrogens (tertiary/aromatic N) is 1. The van der Waals surface area contributed by atoms with Gasteiger partial charge in [0.15, 0.2) is 11.5 Å². The molecule has 2 aliphatic rings. The number of rotatable bonds is 3. The van der Waals surface area contributed by atoms with E-state index in [1.54, 1.807) is 18.2 Å². The summed E-state index contributed by atoms with van der Waals surface area (Å²) >= 11 is 12.5. The topological polar surface area (TPSA) is 38.8 Å². The second kappa shape index (κ2) is 7.37. The lowest BCUT2D eigenvalue weighted by molar-refractivity contribution is -0.131. The Kier molecular flexibility index (Phi) is 4.96. The van der Waals surface area contributed by atoms with Gasteiger partial charge in [-0.3, -0.25) is 4.79 Å². The minimum absolute atomic E-state index is 0.0392. The lowest BCUT2D eigenvalue weighted by Gasteiger charge is -2.27. The predicted molar refractivity (Wildman–Crippen MR) is 101 cm³/mol. The standard InChI is InChI=1S/C20H19Cl2NO3/c21-15-3-1-4-16(22)14(15)12-20(24)23-8-2-5-17(23)13-6-7-18-19(11-13)26-10-9-25-18/h1,3-4,6-7,11,17H,2,5,8-10,12H2. The molecular formula is C20H19Cl2NO3. The SMILES string of the molecule is O=C(Cc1c(Cl)cccc1Cl)N1CCCC1c1ccc2c(c1)OCCO2. The Balaban J connectivity index is 1.56. The molecule has 2 aromatic carbocycles. The van der Waals surface area contributed by atoms with Crippen molar-refractivity contribution >= 4 is 29.1 Å². The zero-order valence-electron chi connectivity index (χ0n) is 14.2. The van der Waals surface area contributed by atoms with E-state index in [1.807, 2.05) is 23.1 Å². The fourth-order valence-corrected chi connectivity index (χ4v) is 4.16. The van der Waals surface area contributed by atoms with E-state index in [-0.39, 0.29) is 18.4 Å². The summed E-state index contributed by atoms with van der Waals surface area (Å²) in [5, 5.41) is 1.06. The summed E-state index contributed by atoms with van der Waals surface area (Å²) in [5.41, 5.74) is 1.76. The van der Waals surface area contributed by atoms with E-state index in [1.165, 1.54) is 0 Å². The Labute approximate surface area is 162 Å². The lowest BCUT2D eigenvalue weighted by Crippen LogP contribution is -2.32. The molecule has 1 amide bonds. The second-order valence-corrected chi connectivity index (χ2v) is 7.34. The van der Waals surface area contributed by atoms with E-state index >= 15 is 0 Å². The van der Waals surface area contributed by atoms with E-state index < -0.39 is 0 Å². The van der Waals surface area contributed by atoms with Crippen LogP contribution in [0.5, 0.6) is 11.5 Å². The second-order valence-electron chi connectivity index (χ2n) is 6.53. The first-order valence-corrected chi connectivity index (χ1v) is 9.51. The number of carbonyl (C=O) groups is 1. The molecular weight excluding hydrogens is 373 g/mol. The molecule has 0 aromatic heterocycles. The fraction of sp³-hybridized carbons (Fsp3) is 0.350. The van der Waals surface area contributed by atoms with Crippen LogP contribution in [0.3, 0.4) is 0 Å². The summed E-state index contributed by atoms with van der Waals surface area (Å²) in [6, 6.07) is 11.3. The number of halogens is 2. The van der Waals surface area contributed by atoms with Gasteiger partial charge in [0.05, 0.1) is 12.5 Å². The quantitative estimate of drug-likeness (QED) is 0.762. The van der Waals surface area contributed by atoms with Crippen LogP contribution in [0.2, 0.25) is 10.0 Å². The summed E-state index contributed by atoms with van der Waals surface area (Å²) in [6.45, 7) is 1.85. The van der Waals surface area contributed by atoms with Gasteiger partial charge < -0.3 is 14.4 Å². The molecule has 1 unspecified atom stereocenters. The molecule has 1 saturated heterocycles. The summed E-state index contributed by atoms with van der Waals surface area (Å²) < 4.78 is 11.3. The Hall–Kier alpha value is -1.91. The molecule has 2 heterocycles. The largest absolute Gasteiger partial charge is 0.486 e. The zero-order chi connectivity index (χ0) is 18.1. The average Bonchev–Trinajstić information content (AvgIpc) is 3.14. The van der Waals surface area contributed by atoms with Crippen LogP contribution in [0.25, 0.3) is 0 Å². The Morgan fingerprint density at radius 3 is 2.58 bits per heavy atom. The van der Waals surface area contributed by atoms with Gasteiger partial charge >= 0.3 is 0 Å². The third-order valence-electron chi connectivity index (χ3n) is 4.91. The molecule has 2 aromatic rings. The van der Waals surface area contributed by atoms with Crippen molar-refractivity contribution in [1.29, 1.82) is 0 Å². The van der Waals surface area contributed by atoms with Crippen LogP contribution in [-0.2, 0) is 11.2 Å². The van der Waals surface area contributed by atoms with E-state index in [0.717, 1.165) is 36.4 Å². The molecule has 0 aliphatic carbocycles. The van der Waals surface area contributed by atoms with Crippen molar-refractivity contribution in [2.24, 2.45) is 0 Å². The monoisotopic (exact) mass is 391 g/mol. The summed E-state index contributed by atoms with van der Waals surface area (Å²) in [5.74, 6) is 1.55. The van der Waals surface area contributed by atoms with Gasteiger partial charge in [0, 0.05) is 16.6 Å². The van der Waals surface area contributed by atoms with Gasteiger partial charge in [-0.1, -0.05) is 35.3 Å². The van der Waals surface area contributed by atoms with Crippen molar-refractivity contribution in [3.63, 3.8) is 0 Å². The third-order valence-corrected chi connectivity index (χ3v) is 5.62. The molecule has 0 radical (unpaired) electrons. The Morgan fingerprint density at radius 1 is 1.08 bits per heavy atom. The number of fused-ring (bicyclic) bond motifs is 1. The smallest absolute Gasteiger partial charge is 0.227 e. The molecule has 136 valence electrons. The van der Waals surface area contributed by atoms with E-state index in [4.69, 9.17) is 32.7 Å². The summed E-state index contributed by atoms with van der Waals surface area (Å²) in [6.07, 6.45) is 2.11. The lowest BCUT2D eigenvalue weighted by atomic mass is 10.0. The Morgan fingerprint density at radius 2 is 1.81 bits per heavy atom. The maximum absolute atomic E-state index is 12.9. The van der Waals surface area contributed by atoms with Crippen LogP contribution in [-0.4, -0.2) is 30.6 Å². The molecule has 2 aliphatic heterocycles. The van der Waals surface area contributed by atoms with Crippen LogP contribution in [0.15, 0.2) is 36.4 Å². The zero-order valence-corrected chi connectivity index (χ0v) is 15.7. The van der Waals surface area contributed by atoms with Crippen LogP contribution in [0.1, 0.15) is 30.0 Å². The molecule has 0 bridgehead atoms. The highest BCUT2D eigenvalue weighted by Crippen LogP contribution is 2.38. The number of amides is 1. The maximum atomic E-state index is 12.9. The predicted octanol–water partition coefficient (Wildman–Crippen LogP) is 4.67. The van der Waals surface area contributed by atoms with Gasteiger partial charge in [0.1, 0.15) is 13.2 Å². The highest BCUT2D eigenvalue weighted by molar-refractivity contribution is 6.36. The van der Waals surface area contributed by atoms with Crippen LogP contribution in [0, 0.1) is 0 Å². The molecule has 6 heteroatoms. The summed E-state index contributed by atoms with van der Waals surface area (Å²) in [4.78, 5) is 14.9. The van der Waals surface area contributed by atoms with E-state index in [2.05, 4.69) is 0 Å². The molecule has 4 rings (SSSR count). The van der Waals surface area contributed by atoms with Crippen molar-refractivity contribution in [2.45, 2.75) is 25.3 Å². The van der Waals surface area contributed by atoms with Crippen molar-refractivity contribution in [2.75, 3.05) is 19.8 Å². The van der Waals surface area contributed by atoms with E-state index in [9.17, 15) is 4.79 Å². The minimum atomic E-state index is 0.0392. The van der Waals surface area contributed by atoms with Gasteiger partial charge in [0.2, 0.25) is 5.91 Å². The maximum Gasteiger partial charge on any atom is 0.227 e. The molecule has 1 atom stereocenters. The van der Waals surface area contributed by atoms with Gasteiger partial charge in [-0.05, 0) is 48.2 Å². The van der Waals surface area contributed by atoms with Crippen LogP contribution < -0.4 is 9.47 Å². The first kappa shape index (κ1) is 17.5. The van der Waals surface area contributed by atoms with Gasteiger partial charge in [0.25, 0.3) is 0 Å². The summed E-state index contributed by atoms with van der Waals surface area (Å²) in [7, 11) is 0. The molecule has 4 nitrogen and oxygen atoms in total. The average molecular weight is 392 g/mol. The molecule has 26 heavy (non-hydrogen) atoms.